The molecule has 0 aromatic rings. The molecule has 0 aromatic carbocycles. The Bertz CT molecular complexity index is 374. The molecule has 1 saturated heterocycles. The van der Waals surface area contributed by atoms with Gasteiger partial charge in [-0.05, 0) is 19.3 Å². The summed E-state index contributed by atoms with van der Waals surface area (Å²) >= 11 is 0. The quantitative estimate of drug-likeness (QED) is 0.542. The van der Waals surface area contributed by atoms with Crippen LogP contribution >= 0.6 is 0 Å². The summed E-state index contributed by atoms with van der Waals surface area (Å²) in [5.41, 5.74) is 0. The van der Waals surface area contributed by atoms with Crippen LogP contribution in [0.1, 0.15) is 19.3 Å². The first-order valence-electron chi connectivity index (χ1n) is 6.49. The van der Waals surface area contributed by atoms with E-state index >= 15 is 0 Å². The van der Waals surface area contributed by atoms with Crippen molar-refractivity contribution in [3.63, 3.8) is 0 Å². The predicted molar refractivity (Wildman–Crippen MR) is 70.2 cm³/mol. The first kappa shape index (κ1) is 16.2. The average molecular weight is 287 g/mol. The molecule has 1 rings (SSSR count). The molecule has 20 heavy (non-hydrogen) atoms. The second kappa shape index (κ2) is 7.68. The molecule has 114 valence electrons. The normalized spacial score (nSPS) is 19.8. The van der Waals surface area contributed by atoms with E-state index in [-0.39, 0.29) is 12.3 Å². The van der Waals surface area contributed by atoms with Crippen LogP contribution in [-0.4, -0.2) is 67.3 Å². The van der Waals surface area contributed by atoms with E-state index in [9.17, 15) is 14.4 Å². The number of carbonyl (C=O) groups excluding carboxylic acids is 2. The summed E-state index contributed by atoms with van der Waals surface area (Å²) in [4.78, 5) is 35.9. The van der Waals surface area contributed by atoms with E-state index < -0.39 is 24.1 Å². The highest BCUT2D eigenvalue weighted by Crippen LogP contribution is 2.08. The molecule has 0 bridgehead atoms. The monoisotopic (exact) mass is 287 g/mol. The fourth-order valence-corrected chi connectivity index (χ4v) is 2.00. The second-order valence-electron chi connectivity index (χ2n) is 4.74. The largest absolute Gasteiger partial charge is 0.480 e. The first-order chi connectivity index (χ1) is 9.45. The van der Waals surface area contributed by atoms with Gasteiger partial charge in [-0.15, -0.1) is 0 Å². The topological polar surface area (TPSA) is 108 Å². The number of nitrogens with one attached hydrogen (secondary N) is 2. The van der Waals surface area contributed by atoms with Crippen LogP contribution in [-0.2, 0) is 14.3 Å². The van der Waals surface area contributed by atoms with Crippen molar-refractivity contribution in [2.75, 3.05) is 27.3 Å². The number of carbonyl (C=O) groups is 3. The van der Waals surface area contributed by atoms with Crippen molar-refractivity contribution in [3.8, 4) is 0 Å². The standard InChI is InChI=1S/C12H21N3O5/c1-15-6-5-8(10(15)16)13-12(19)14-9(11(17)18)4-3-7-20-2/h8-9H,3-7H2,1-2H3,(H,17,18)(H2,13,14,19). The highest BCUT2D eigenvalue weighted by atomic mass is 16.5. The number of hydrogen-bond acceptors (Lipinski definition) is 4. The molecule has 3 amide bonds. The van der Waals surface area contributed by atoms with Crippen LogP contribution in [0.4, 0.5) is 4.79 Å². The van der Waals surface area contributed by atoms with Crippen molar-refractivity contribution >= 4 is 17.9 Å². The van der Waals surface area contributed by atoms with Crippen molar-refractivity contribution in [1.82, 2.24) is 15.5 Å². The molecule has 8 nitrogen and oxygen atoms in total. The zero-order valence-corrected chi connectivity index (χ0v) is 11.7. The van der Waals surface area contributed by atoms with Crippen LogP contribution in [0.3, 0.4) is 0 Å². The highest BCUT2D eigenvalue weighted by Gasteiger charge is 2.31. The Balaban J connectivity index is 2.41. The molecule has 8 heteroatoms. The van der Waals surface area contributed by atoms with Gasteiger partial charge in [0.25, 0.3) is 0 Å². The van der Waals surface area contributed by atoms with Crippen molar-refractivity contribution in [3.05, 3.63) is 0 Å². The van der Waals surface area contributed by atoms with Gasteiger partial charge in [-0.25, -0.2) is 9.59 Å². The minimum atomic E-state index is -1.11. The molecule has 0 aliphatic carbocycles. The van der Waals surface area contributed by atoms with E-state index in [0.29, 0.717) is 26.0 Å². The minimum Gasteiger partial charge on any atom is -0.480 e. The van der Waals surface area contributed by atoms with E-state index in [1.165, 1.54) is 12.0 Å². The van der Waals surface area contributed by atoms with E-state index in [0.717, 1.165) is 0 Å². The lowest BCUT2D eigenvalue weighted by molar-refractivity contribution is -0.139. The Morgan fingerprint density at radius 2 is 2.25 bits per heavy atom. The molecule has 1 aliphatic heterocycles. The summed E-state index contributed by atoms with van der Waals surface area (Å²) in [6.45, 7) is 1.01. The van der Waals surface area contributed by atoms with Crippen LogP contribution < -0.4 is 10.6 Å². The van der Waals surface area contributed by atoms with Gasteiger partial charge in [-0.3, -0.25) is 4.79 Å². The Hall–Kier alpha value is -1.83. The van der Waals surface area contributed by atoms with Crippen LogP contribution in [0, 0.1) is 0 Å². The molecule has 1 fully saturated rings. The third kappa shape index (κ3) is 4.69. The molecule has 2 atom stereocenters. The van der Waals surface area contributed by atoms with E-state index in [2.05, 4.69) is 10.6 Å². The Morgan fingerprint density at radius 1 is 1.55 bits per heavy atom. The number of hydrogen-bond donors (Lipinski definition) is 3. The van der Waals surface area contributed by atoms with Crippen LogP contribution in [0.5, 0.6) is 0 Å². The Kier molecular flexibility index (Phi) is 6.23. The lowest BCUT2D eigenvalue weighted by atomic mass is 10.1. The fraction of sp³-hybridized carbons (Fsp3) is 0.750. The first-order valence-corrected chi connectivity index (χ1v) is 6.49. The van der Waals surface area contributed by atoms with Crippen molar-refractivity contribution < 1.29 is 24.2 Å². The lowest BCUT2D eigenvalue weighted by Gasteiger charge is -2.17. The van der Waals surface area contributed by atoms with Gasteiger partial charge in [0.15, 0.2) is 0 Å². The Labute approximate surface area is 117 Å². The van der Waals surface area contributed by atoms with E-state index in [1.807, 2.05) is 0 Å². The summed E-state index contributed by atoms with van der Waals surface area (Å²) in [6.07, 6.45) is 1.33. The molecule has 0 radical (unpaired) electrons. The summed E-state index contributed by atoms with van der Waals surface area (Å²) in [5.74, 6) is -1.27. The number of rotatable bonds is 7. The maximum Gasteiger partial charge on any atom is 0.326 e. The number of aliphatic carboxylic acids is 1. The minimum absolute atomic E-state index is 0.161. The second-order valence-corrected chi connectivity index (χ2v) is 4.74. The predicted octanol–water partition coefficient (Wildman–Crippen LogP) is -0.604. The zero-order valence-electron chi connectivity index (χ0n) is 11.7. The molecule has 0 spiro atoms. The number of ether oxygens (including phenoxy) is 1. The summed E-state index contributed by atoms with van der Waals surface area (Å²) in [6, 6.07) is -2.20. The van der Waals surface area contributed by atoms with Gasteiger partial charge in [0, 0.05) is 27.3 Å². The number of urea groups is 1. The molecule has 0 saturated carbocycles. The van der Waals surface area contributed by atoms with Crippen LogP contribution in [0.2, 0.25) is 0 Å². The number of amides is 3. The third-order valence-corrected chi connectivity index (χ3v) is 3.18. The molecule has 3 N–H and O–H groups in total. The van der Waals surface area contributed by atoms with Crippen molar-refractivity contribution in [2.24, 2.45) is 0 Å². The smallest absolute Gasteiger partial charge is 0.326 e. The van der Waals surface area contributed by atoms with Gasteiger partial charge in [0.1, 0.15) is 12.1 Å². The summed E-state index contributed by atoms with van der Waals surface area (Å²) < 4.78 is 4.84. The van der Waals surface area contributed by atoms with E-state index in [4.69, 9.17) is 9.84 Å². The van der Waals surface area contributed by atoms with Gasteiger partial charge < -0.3 is 25.4 Å². The Morgan fingerprint density at radius 3 is 2.75 bits per heavy atom. The molecular formula is C12H21N3O5. The number of carboxylic acids is 1. The van der Waals surface area contributed by atoms with Gasteiger partial charge in [0.2, 0.25) is 5.91 Å². The number of nitrogens with zero attached hydrogens (tertiary/aromatic N) is 1. The average Bonchev–Trinajstić information content (AvgIpc) is 2.69. The molecule has 1 aliphatic rings. The number of likely N-dealkylation sites (N-methyl/N-ethyl adjacent to an activating group) is 1. The van der Waals surface area contributed by atoms with Gasteiger partial charge in [-0.2, -0.15) is 0 Å². The maximum absolute atomic E-state index is 11.7. The molecular weight excluding hydrogens is 266 g/mol. The third-order valence-electron chi connectivity index (χ3n) is 3.18. The van der Waals surface area contributed by atoms with Gasteiger partial charge >= 0.3 is 12.0 Å². The molecule has 0 aromatic heterocycles. The number of methoxy groups -OCH3 is 1. The highest BCUT2D eigenvalue weighted by molar-refractivity contribution is 5.89. The fourth-order valence-electron chi connectivity index (χ4n) is 2.00. The van der Waals surface area contributed by atoms with Crippen LogP contribution in [0.25, 0.3) is 0 Å². The number of likely N-dealkylation sites (tertiary alicyclic amines) is 1. The van der Waals surface area contributed by atoms with Gasteiger partial charge in [0.05, 0.1) is 0 Å². The van der Waals surface area contributed by atoms with Crippen LogP contribution in [0.15, 0.2) is 0 Å². The molecule has 2 unspecified atom stereocenters. The summed E-state index contributed by atoms with van der Waals surface area (Å²) in [5, 5.41) is 13.9. The van der Waals surface area contributed by atoms with Crippen molar-refractivity contribution in [2.45, 2.75) is 31.3 Å². The zero-order chi connectivity index (χ0) is 15.1. The molecule has 1 heterocycles. The lowest BCUT2D eigenvalue weighted by Crippen LogP contribution is -2.50. The van der Waals surface area contributed by atoms with Crippen molar-refractivity contribution in [1.29, 1.82) is 0 Å². The van der Waals surface area contributed by atoms with E-state index in [1.54, 1.807) is 7.05 Å². The SMILES string of the molecule is COCCCC(NC(=O)NC1CCN(C)C1=O)C(=O)O. The van der Waals surface area contributed by atoms with Gasteiger partial charge in [-0.1, -0.05) is 0 Å². The maximum atomic E-state index is 11.7. The number of carboxylic acid groups (broad SMARTS) is 1. The summed E-state index contributed by atoms with van der Waals surface area (Å²) in [7, 11) is 3.19.